The summed E-state index contributed by atoms with van der Waals surface area (Å²) in [6.07, 6.45) is 6.89. The zero-order chi connectivity index (χ0) is 24.4. The molecule has 0 bridgehead atoms. The molecule has 1 saturated heterocycles. The van der Waals surface area contributed by atoms with Crippen LogP contribution in [0.4, 0.5) is 0 Å². The van der Waals surface area contributed by atoms with E-state index in [1.54, 1.807) is 29.3 Å². The molecule has 1 fully saturated rings. The number of aromatic nitrogens is 1. The highest BCUT2D eigenvalue weighted by Crippen LogP contribution is 2.15. The fourth-order valence-corrected chi connectivity index (χ4v) is 3.89. The molecule has 1 aromatic rings. The first-order valence-electron chi connectivity index (χ1n) is 11.2. The summed E-state index contributed by atoms with van der Waals surface area (Å²) in [5, 5.41) is 2.61. The minimum Gasteiger partial charge on any atom is -0.466 e. The van der Waals surface area contributed by atoms with Crippen molar-refractivity contribution < 1.29 is 23.9 Å². The molecule has 9 nitrogen and oxygen atoms in total. The Hall–Kier alpha value is -3.23. The van der Waals surface area contributed by atoms with Crippen LogP contribution >= 0.6 is 0 Å². The second-order valence-corrected chi connectivity index (χ2v) is 8.45. The Labute approximate surface area is 193 Å². The van der Waals surface area contributed by atoms with E-state index in [4.69, 9.17) is 0 Å². The van der Waals surface area contributed by atoms with Gasteiger partial charge >= 0.3 is 5.97 Å². The van der Waals surface area contributed by atoms with Gasteiger partial charge in [0.25, 0.3) is 5.56 Å². The lowest BCUT2D eigenvalue weighted by Crippen LogP contribution is -2.43. The number of likely N-dealkylation sites (tertiary alicyclic amines) is 1. The number of nitrogens with one attached hydrogen (secondary N) is 1. The normalized spacial score (nSPS) is 16.9. The molecule has 9 heteroatoms. The Balaban J connectivity index is 2.06. The highest BCUT2D eigenvalue weighted by molar-refractivity contribution is 5.89. The van der Waals surface area contributed by atoms with Crippen molar-refractivity contribution in [3.8, 4) is 0 Å². The van der Waals surface area contributed by atoms with E-state index in [2.05, 4.69) is 17.0 Å². The van der Waals surface area contributed by atoms with Crippen molar-refractivity contribution in [1.82, 2.24) is 14.8 Å². The van der Waals surface area contributed by atoms with Crippen molar-refractivity contribution in [2.45, 2.75) is 58.5 Å². The molecule has 0 radical (unpaired) electrons. The lowest BCUT2D eigenvalue weighted by molar-refractivity contribution is -0.135. The highest BCUT2D eigenvalue weighted by Gasteiger charge is 2.23. The molecule has 1 aliphatic heterocycles. The molecule has 0 saturated carbocycles. The van der Waals surface area contributed by atoms with Gasteiger partial charge in [0.05, 0.1) is 13.2 Å². The molecule has 0 spiro atoms. The largest absolute Gasteiger partial charge is 0.466 e. The number of ether oxygens (including phenoxy) is 1. The summed E-state index contributed by atoms with van der Waals surface area (Å²) >= 11 is 0. The standard InChI is InChI=1S/C24H33N3O6/c1-17-8-6-12-26(15-17)22(30)16-27-13-7-9-19(24(27)32)14-21(29)20(25-18(2)28)10-4-5-11-23(31)33-3/h5,7,9,11,13,17,20H,4,6,8,10,12,14-16H2,1-3H3,(H,25,28)/b11-5+/t17?,20-/m0/s1. The first-order chi connectivity index (χ1) is 15.7. The lowest BCUT2D eigenvalue weighted by atomic mass is 10.00. The summed E-state index contributed by atoms with van der Waals surface area (Å²) < 4.78 is 5.85. The molecule has 2 atom stereocenters. The minimum absolute atomic E-state index is 0.0684. The van der Waals surface area contributed by atoms with E-state index in [0.29, 0.717) is 25.4 Å². The number of carbonyl (C=O) groups is 4. The molecule has 33 heavy (non-hydrogen) atoms. The quantitative estimate of drug-likeness (QED) is 0.416. The van der Waals surface area contributed by atoms with Crippen molar-refractivity contribution in [3.05, 3.63) is 46.4 Å². The second kappa shape index (κ2) is 12.7. The number of ketones is 1. The van der Waals surface area contributed by atoms with Gasteiger partial charge in [-0.2, -0.15) is 0 Å². The van der Waals surface area contributed by atoms with Crippen molar-refractivity contribution in [1.29, 1.82) is 0 Å². The number of amides is 2. The number of piperidine rings is 1. The third-order valence-corrected chi connectivity index (χ3v) is 5.62. The number of hydrogen-bond acceptors (Lipinski definition) is 6. The lowest BCUT2D eigenvalue weighted by Gasteiger charge is -2.31. The van der Waals surface area contributed by atoms with Crippen LogP contribution in [-0.2, 0) is 36.9 Å². The molecule has 1 aliphatic rings. The van der Waals surface area contributed by atoms with Crippen LogP contribution < -0.4 is 10.9 Å². The Morgan fingerprint density at radius 3 is 2.73 bits per heavy atom. The number of hydrogen-bond donors (Lipinski definition) is 1. The molecule has 1 unspecified atom stereocenters. The molecule has 180 valence electrons. The van der Waals surface area contributed by atoms with Crippen LogP contribution in [0.3, 0.4) is 0 Å². The van der Waals surface area contributed by atoms with E-state index in [0.717, 1.165) is 12.8 Å². The predicted molar refractivity (Wildman–Crippen MR) is 122 cm³/mol. The van der Waals surface area contributed by atoms with Crippen molar-refractivity contribution in [3.63, 3.8) is 0 Å². The van der Waals surface area contributed by atoms with Crippen LogP contribution in [0.15, 0.2) is 35.3 Å². The maximum atomic E-state index is 12.9. The van der Waals surface area contributed by atoms with E-state index in [-0.39, 0.29) is 42.5 Å². The van der Waals surface area contributed by atoms with Gasteiger partial charge in [-0.3, -0.25) is 19.2 Å². The molecular formula is C24H33N3O6. The topological polar surface area (TPSA) is 115 Å². The van der Waals surface area contributed by atoms with Crippen molar-refractivity contribution >= 4 is 23.6 Å². The van der Waals surface area contributed by atoms with Crippen LogP contribution in [0.1, 0.15) is 45.1 Å². The van der Waals surface area contributed by atoms with Gasteiger partial charge < -0.3 is 19.5 Å². The first-order valence-corrected chi connectivity index (χ1v) is 11.2. The SMILES string of the molecule is COC(=O)/C=C/CC[C@H](NC(C)=O)C(=O)Cc1cccn(CC(=O)N2CCCC(C)C2)c1=O. The van der Waals surface area contributed by atoms with Gasteiger partial charge in [0.2, 0.25) is 11.8 Å². The molecule has 1 aromatic heterocycles. The van der Waals surface area contributed by atoms with E-state index >= 15 is 0 Å². The van der Waals surface area contributed by atoms with Gasteiger partial charge in [0.15, 0.2) is 5.78 Å². The zero-order valence-electron chi connectivity index (χ0n) is 19.5. The summed E-state index contributed by atoms with van der Waals surface area (Å²) in [5.74, 6) is -0.854. The van der Waals surface area contributed by atoms with E-state index in [1.807, 2.05) is 0 Å². The highest BCUT2D eigenvalue weighted by atomic mass is 16.5. The predicted octanol–water partition coefficient (Wildman–Crippen LogP) is 1.23. The Bertz CT molecular complexity index is 952. The minimum atomic E-state index is -0.797. The van der Waals surface area contributed by atoms with Gasteiger partial charge in [-0.1, -0.05) is 19.1 Å². The number of carbonyl (C=O) groups excluding carboxylic acids is 4. The third kappa shape index (κ3) is 8.32. The molecule has 0 aliphatic carbocycles. The van der Waals surface area contributed by atoms with E-state index < -0.39 is 17.6 Å². The summed E-state index contributed by atoms with van der Waals surface area (Å²) in [6, 6.07) is 2.41. The average Bonchev–Trinajstić information content (AvgIpc) is 2.77. The smallest absolute Gasteiger partial charge is 0.330 e. The molecule has 2 heterocycles. The zero-order valence-corrected chi connectivity index (χ0v) is 19.5. The van der Waals surface area contributed by atoms with Crippen molar-refractivity contribution in [2.24, 2.45) is 5.92 Å². The number of Topliss-reactive ketones (excluding diaryl/α,β-unsaturated/α-hetero) is 1. The summed E-state index contributed by atoms with van der Waals surface area (Å²) in [4.78, 5) is 62.9. The van der Waals surface area contributed by atoms with E-state index in [9.17, 15) is 24.0 Å². The van der Waals surface area contributed by atoms with Gasteiger partial charge in [0.1, 0.15) is 6.54 Å². The summed E-state index contributed by atoms with van der Waals surface area (Å²) in [6.45, 7) is 4.73. The van der Waals surface area contributed by atoms with E-state index in [1.165, 1.54) is 24.7 Å². The second-order valence-electron chi connectivity index (χ2n) is 8.45. The summed E-state index contributed by atoms with van der Waals surface area (Å²) in [5.41, 5.74) is -0.126. The third-order valence-electron chi connectivity index (χ3n) is 5.62. The number of pyridine rings is 1. The molecule has 2 rings (SSSR count). The Morgan fingerprint density at radius 2 is 2.06 bits per heavy atom. The monoisotopic (exact) mass is 459 g/mol. The van der Waals surface area contributed by atoms with Crippen LogP contribution in [0.5, 0.6) is 0 Å². The van der Waals surface area contributed by atoms with Gasteiger partial charge in [-0.15, -0.1) is 0 Å². The first kappa shape index (κ1) is 26.0. The average molecular weight is 460 g/mol. The number of rotatable bonds is 10. The molecule has 2 amide bonds. The van der Waals surface area contributed by atoms with Gasteiger partial charge in [-0.25, -0.2) is 4.79 Å². The number of esters is 1. The van der Waals surface area contributed by atoms with Crippen LogP contribution in [0, 0.1) is 5.92 Å². The number of nitrogens with zero attached hydrogens (tertiary/aromatic N) is 2. The van der Waals surface area contributed by atoms with Crippen LogP contribution in [-0.4, -0.2) is 59.3 Å². The number of methoxy groups -OCH3 is 1. The maximum absolute atomic E-state index is 12.9. The molecular weight excluding hydrogens is 426 g/mol. The fourth-order valence-electron chi connectivity index (χ4n) is 3.89. The molecule has 0 aromatic carbocycles. The summed E-state index contributed by atoms with van der Waals surface area (Å²) in [7, 11) is 1.27. The number of allylic oxidation sites excluding steroid dienone is 1. The van der Waals surface area contributed by atoms with Crippen LogP contribution in [0.25, 0.3) is 0 Å². The van der Waals surface area contributed by atoms with Crippen molar-refractivity contribution in [2.75, 3.05) is 20.2 Å². The Morgan fingerprint density at radius 1 is 1.30 bits per heavy atom. The van der Waals surface area contributed by atoms with Gasteiger partial charge in [0, 0.05) is 44.3 Å². The Kier molecular flexibility index (Phi) is 10.0. The maximum Gasteiger partial charge on any atom is 0.330 e. The fraction of sp³-hybridized carbons (Fsp3) is 0.542. The van der Waals surface area contributed by atoms with Crippen LogP contribution in [0.2, 0.25) is 0 Å². The molecule has 1 N–H and O–H groups in total. The van der Waals surface area contributed by atoms with Gasteiger partial charge in [-0.05, 0) is 37.7 Å².